The van der Waals surface area contributed by atoms with Crippen LogP contribution in [0.2, 0.25) is 0 Å². The molecule has 0 bridgehead atoms. The molecule has 0 spiro atoms. The van der Waals surface area contributed by atoms with E-state index in [-0.39, 0.29) is 12.4 Å². The Morgan fingerprint density at radius 2 is 2.29 bits per heavy atom. The molecule has 2 aromatic rings. The van der Waals surface area contributed by atoms with Crippen molar-refractivity contribution in [2.24, 2.45) is 0 Å². The van der Waals surface area contributed by atoms with Gasteiger partial charge in [0.05, 0.1) is 12.9 Å². The fraction of sp³-hybridized carbons (Fsp3) is 0.545. The SMILES string of the molecule is COC1C(O)[C@H](n2cnc3c(N)nc(Br)nc32)O[C@@H]1CO. The zero-order valence-corrected chi connectivity index (χ0v) is 12.6. The van der Waals surface area contributed by atoms with Gasteiger partial charge in [-0.3, -0.25) is 4.57 Å². The number of aliphatic hydroxyl groups excluding tert-OH is 2. The lowest BCUT2D eigenvalue weighted by atomic mass is 10.1. The van der Waals surface area contributed by atoms with Crippen LogP contribution in [0.15, 0.2) is 11.1 Å². The van der Waals surface area contributed by atoms with Crippen LogP contribution >= 0.6 is 15.9 Å². The molecule has 10 heteroatoms. The number of aromatic nitrogens is 4. The van der Waals surface area contributed by atoms with Crippen molar-refractivity contribution in [2.45, 2.75) is 24.5 Å². The van der Waals surface area contributed by atoms with Crippen LogP contribution in [0.1, 0.15) is 6.23 Å². The quantitative estimate of drug-likeness (QED) is 0.621. The Bertz CT molecular complexity index is 665. The first-order chi connectivity index (χ1) is 10.1. The van der Waals surface area contributed by atoms with Crippen LogP contribution in [0.25, 0.3) is 11.2 Å². The number of hydrogen-bond donors (Lipinski definition) is 3. The molecule has 1 aliphatic heterocycles. The molecule has 21 heavy (non-hydrogen) atoms. The molecular weight excluding hydrogens is 346 g/mol. The molecule has 1 saturated heterocycles. The summed E-state index contributed by atoms with van der Waals surface area (Å²) in [5.41, 5.74) is 6.62. The summed E-state index contributed by atoms with van der Waals surface area (Å²) in [6.07, 6.45) is -1.56. The third-order valence-electron chi connectivity index (χ3n) is 3.46. The van der Waals surface area contributed by atoms with E-state index in [9.17, 15) is 10.2 Å². The summed E-state index contributed by atoms with van der Waals surface area (Å²) >= 11 is 3.17. The van der Waals surface area contributed by atoms with Crippen molar-refractivity contribution in [3.05, 3.63) is 11.1 Å². The number of nitrogen functional groups attached to an aromatic ring is 1. The molecule has 0 aromatic carbocycles. The van der Waals surface area contributed by atoms with Crippen molar-refractivity contribution in [1.29, 1.82) is 0 Å². The highest BCUT2D eigenvalue weighted by Crippen LogP contribution is 2.33. The first-order valence-electron chi connectivity index (χ1n) is 6.19. The summed E-state index contributed by atoms with van der Waals surface area (Å²) in [5, 5.41) is 19.6. The van der Waals surface area contributed by atoms with E-state index < -0.39 is 24.5 Å². The topological polar surface area (TPSA) is 129 Å². The molecule has 3 rings (SSSR count). The van der Waals surface area contributed by atoms with E-state index in [1.54, 1.807) is 4.57 Å². The number of nitrogens with two attached hydrogens (primary N) is 1. The monoisotopic (exact) mass is 359 g/mol. The lowest BCUT2D eigenvalue weighted by molar-refractivity contribution is -0.0536. The van der Waals surface area contributed by atoms with Crippen molar-refractivity contribution in [3.63, 3.8) is 0 Å². The zero-order valence-electron chi connectivity index (χ0n) is 11.0. The number of halogens is 1. The van der Waals surface area contributed by atoms with Crippen molar-refractivity contribution in [3.8, 4) is 0 Å². The molecule has 9 nitrogen and oxygen atoms in total. The number of ether oxygens (including phenoxy) is 2. The van der Waals surface area contributed by atoms with Gasteiger partial charge in [-0.2, -0.15) is 0 Å². The minimum atomic E-state index is -0.973. The van der Waals surface area contributed by atoms with Crippen molar-refractivity contribution >= 4 is 32.9 Å². The van der Waals surface area contributed by atoms with Gasteiger partial charge in [-0.15, -0.1) is 0 Å². The number of rotatable bonds is 3. The summed E-state index contributed by atoms with van der Waals surface area (Å²) in [5.74, 6) is 0.222. The molecule has 1 fully saturated rings. The second kappa shape index (κ2) is 5.46. The van der Waals surface area contributed by atoms with Crippen LogP contribution < -0.4 is 5.73 Å². The van der Waals surface area contributed by atoms with Crippen molar-refractivity contribution < 1.29 is 19.7 Å². The third-order valence-corrected chi connectivity index (χ3v) is 3.81. The molecule has 4 N–H and O–H groups in total. The minimum absolute atomic E-state index is 0.222. The number of methoxy groups -OCH3 is 1. The summed E-state index contributed by atoms with van der Waals surface area (Å²) in [7, 11) is 1.45. The van der Waals surface area contributed by atoms with Crippen molar-refractivity contribution in [1.82, 2.24) is 19.5 Å². The van der Waals surface area contributed by atoms with E-state index in [1.165, 1.54) is 13.4 Å². The summed E-state index contributed by atoms with van der Waals surface area (Å²) in [6.45, 7) is -0.264. The molecule has 0 aliphatic carbocycles. The number of hydrogen-bond acceptors (Lipinski definition) is 8. The van der Waals surface area contributed by atoms with Gasteiger partial charge >= 0.3 is 0 Å². The molecule has 0 saturated carbocycles. The fourth-order valence-corrected chi connectivity index (χ4v) is 2.84. The van der Waals surface area contributed by atoms with Gasteiger partial charge in [0.1, 0.15) is 23.8 Å². The Balaban J connectivity index is 2.05. The minimum Gasteiger partial charge on any atom is -0.394 e. The molecule has 0 amide bonds. The number of fused-ring (bicyclic) bond motifs is 1. The highest BCUT2D eigenvalue weighted by atomic mass is 79.9. The van der Waals surface area contributed by atoms with Crippen LogP contribution in [-0.2, 0) is 9.47 Å². The number of anilines is 1. The number of nitrogens with zero attached hydrogens (tertiary/aromatic N) is 4. The van der Waals surface area contributed by atoms with E-state index in [2.05, 4.69) is 30.9 Å². The van der Waals surface area contributed by atoms with E-state index >= 15 is 0 Å². The van der Waals surface area contributed by atoms with Crippen LogP contribution in [0.4, 0.5) is 5.82 Å². The van der Waals surface area contributed by atoms with Gasteiger partial charge in [-0.05, 0) is 15.9 Å². The maximum absolute atomic E-state index is 10.3. The van der Waals surface area contributed by atoms with Gasteiger partial charge in [-0.25, -0.2) is 15.0 Å². The van der Waals surface area contributed by atoms with Gasteiger partial charge in [-0.1, -0.05) is 0 Å². The largest absolute Gasteiger partial charge is 0.394 e. The van der Waals surface area contributed by atoms with Crippen molar-refractivity contribution in [2.75, 3.05) is 19.5 Å². The average Bonchev–Trinajstić information content (AvgIpc) is 2.99. The Morgan fingerprint density at radius 1 is 1.52 bits per heavy atom. The summed E-state index contributed by atoms with van der Waals surface area (Å²) in [4.78, 5) is 12.3. The molecule has 0 radical (unpaired) electrons. The smallest absolute Gasteiger partial charge is 0.200 e. The second-order valence-corrected chi connectivity index (χ2v) is 5.35. The van der Waals surface area contributed by atoms with Gasteiger partial charge < -0.3 is 25.4 Å². The molecule has 1 aliphatic rings. The maximum Gasteiger partial charge on any atom is 0.200 e. The molecule has 114 valence electrons. The zero-order chi connectivity index (χ0) is 15.1. The lowest BCUT2D eigenvalue weighted by Crippen LogP contribution is -2.35. The van der Waals surface area contributed by atoms with Gasteiger partial charge in [0.15, 0.2) is 17.7 Å². The normalized spacial score (nSPS) is 29.3. The van der Waals surface area contributed by atoms with Gasteiger partial charge in [0.2, 0.25) is 4.73 Å². The van der Waals surface area contributed by atoms with E-state index in [4.69, 9.17) is 15.2 Å². The third kappa shape index (κ3) is 2.28. The van der Waals surface area contributed by atoms with Crippen LogP contribution in [0.3, 0.4) is 0 Å². The lowest BCUT2D eigenvalue weighted by Gasteiger charge is -2.17. The molecule has 3 heterocycles. The fourth-order valence-electron chi connectivity index (χ4n) is 2.48. The highest BCUT2D eigenvalue weighted by Gasteiger charge is 2.45. The highest BCUT2D eigenvalue weighted by molar-refractivity contribution is 9.10. The molecular formula is C11H14BrN5O4. The van der Waals surface area contributed by atoms with Gasteiger partial charge in [0.25, 0.3) is 0 Å². The second-order valence-electron chi connectivity index (χ2n) is 4.64. The van der Waals surface area contributed by atoms with Gasteiger partial charge in [0, 0.05) is 7.11 Å². The maximum atomic E-state index is 10.3. The average molecular weight is 360 g/mol. The summed E-state index contributed by atoms with van der Waals surface area (Å²) < 4.78 is 12.7. The predicted molar refractivity (Wildman–Crippen MR) is 75.2 cm³/mol. The molecule has 2 aromatic heterocycles. The standard InChI is InChI=1S/C11H14BrN5O4/c1-20-7-4(2-18)21-10(6(7)19)17-3-14-5-8(13)15-11(12)16-9(5)17/h3-4,6-7,10,18-19H,2H2,1H3,(H2,13,15,16)/t4-,6?,7?,10-/m1/s1. The Labute approximate surface area is 127 Å². The first kappa shape index (κ1) is 14.6. The Kier molecular flexibility index (Phi) is 3.80. The van der Waals surface area contributed by atoms with E-state index in [1.807, 2.05) is 0 Å². The predicted octanol–water partition coefficient (Wildman–Crippen LogP) is -0.563. The van der Waals surface area contributed by atoms with Crippen LogP contribution in [-0.4, -0.2) is 61.8 Å². The van der Waals surface area contributed by atoms with E-state index in [0.717, 1.165) is 0 Å². The Hall–Kier alpha value is -1.33. The number of aliphatic hydroxyl groups is 2. The van der Waals surface area contributed by atoms with Crippen LogP contribution in [0.5, 0.6) is 0 Å². The first-order valence-corrected chi connectivity index (χ1v) is 6.98. The molecule has 4 atom stereocenters. The van der Waals surface area contributed by atoms with Crippen LogP contribution in [0, 0.1) is 0 Å². The number of imidazole rings is 1. The Morgan fingerprint density at radius 3 is 2.90 bits per heavy atom. The van der Waals surface area contributed by atoms with E-state index in [0.29, 0.717) is 15.9 Å². The summed E-state index contributed by atoms with van der Waals surface area (Å²) in [6, 6.07) is 0. The molecule has 2 unspecified atom stereocenters.